The summed E-state index contributed by atoms with van der Waals surface area (Å²) in [5.41, 5.74) is 1.05. The third-order valence-corrected chi connectivity index (χ3v) is 3.96. The summed E-state index contributed by atoms with van der Waals surface area (Å²) < 4.78 is 4.18. The van der Waals surface area contributed by atoms with Gasteiger partial charge in [0.1, 0.15) is 5.82 Å². The van der Waals surface area contributed by atoms with Gasteiger partial charge in [-0.25, -0.2) is 9.97 Å². The SMILES string of the molecule is Cc1nccn1CCSc1ncc(CCl)n1C. The highest BCUT2D eigenvalue weighted by Crippen LogP contribution is 2.18. The molecular formula is C11H15ClN4S. The van der Waals surface area contributed by atoms with Gasteiger partial charge in [0.25, 0.3) is 0 Å². The van der Waals surface area contributed by atoms with Crippen LogP contribution in [0.5, 0.6) is 0 Å². The maximum atomic E-state index is 5.80. The Hall–Kier alpha value is -0.940. The Morgan fingerprint density at radius 1 is 1.41 bits per heavy atom. The van der Waals surface area contributed by atoms with E-state index >= 15 is 0 Å². The molecule has 2 heterocycles. The molecule has 0 amide bonds. The van der Waals surface area contributed by atoms with E-state index in [0.717, 1.165) is 29.0 Å². The molecule has 2 aromatic rings. The second kappa shape index (κ2) is 5.60. The van der Waals surface area contributed by atoms with Gasteiger partial charge in [-0.2, -0.15) is 0 Å². The quantitative estimate of drug-likeness (QED) is 0.618. The molecule has 0 saturated heterocycles. The van der Waals surface area contributed by atoms with Crippen LogP contribution < -0.4 is 0 Å². The third kappa shape index (κ3) is 2.84. The number of halogens is 1. The van der Waals surface area contributed by atoms with Crippen LogP contribution in [0.1, 0.15) is 11.5 Å². The third-order valence-electron chi connectivity index (χ3n) is 2.67. The summed E-state index contributed by atoms with van der Waals surface area (Å²) in [6, 6.07) is 0. The normalized spacial score (nSPS) is 11.0. The number of imidazole rings is 2. The lowest BCUT2D eigenvalue weighted by molar-refractivity contribution is 0.729. The van der Waals surface area contributed by atoms with E-state index in [0.29, 0.717) is 5.88 Å². The van der Waals surface area contributed by atoms with Crippen LogP contribution in [0.3, 0.4) is 0 Å². The van der Waals surface area contributed by atoms with Crippen LogP contribution in [0.2, 0.25) is 0 Å². The zero-order valence-electron chi connectivity index (χ0n) is 9.93. The van der Waals surface area contributed by atoms with Crippen molar-refractivity contribution in [3.05, 3.63) is 30.1 Å². The first-order valence-corrected chi connectivity index (χ1v) is 6.91. The first-order chi connectivity index (χ1) is 8.22. The van der Waals surface area contributed by atoms with E-state index in [1.807, 2.05) is 37.1 Å². The lowest BCUT2D eigenvalue weighted by atomic mass is 10.5. The van der Waals surface area contributed by atoms with E-state index in [2.05, 4.69) is 14.5 Å². The summed E-state index contributed by atoms with van der Waals surface area (Å²) in [7, 11) is 2.00. The Balaban J connectivity index is 1.90. The van der Waals surface area contributed by atoms with Gasteiger partial charge in [0.2, 0.25) is 0 Å². The molecule has 0 aliphatic heterocycles. The van der Waals surface area contributed by atoms with Gasteiger partial charge < -0.3 is 9.13 Å². The van der Waals surface area contributed by atoms with Gasteiger partial charge in [-0.1, -0.05) is 11.8 Å². The number of hydrogen-bond acceptors (Lipinski definition) is 3. The fourth-order valence-electron chi connectivity index (χ4n) is 1.56. The standard InChI is InChI=1S/C11H15ClN4S/c1-9-13-3-4-16(9)5-6-17-11-14-8-10(7-12)15(11)2/h3-4,8H,5-7H2,1-2H3. The number of aromatic nitrogens is 4. The molecule has 0 unspecified atom stereocenters. The maximum absolute atomic E-state index is 5.80. The first kappa shape index (κ1) is 12.5. The zero-order chi connectivity index (χ0) is 12.3. The molecule has 2 rings (SSSR count). The summed E-state index contributed by atoms with van der Waals surface area (Å²) in [4.78, 5) is 8.54. The molecule has 0 N–H and O–H groups in total. The Morgan fingerprint density at radius 3 is 2.82 bits per heavy atom. The van der Waals surface area contributed by atoms with Crippen molar-refractivity contribution in [2.24, 2.45) is 7.05 Å². The Bertz CT molecular complexity index is 491. The van der Waals surface area contributed by atoms with Gasteiger partial charge in [-0.05, 0) is 6.92 Å². The predicted molar refractivity (Wildman–Crippen MR) is 70.5 cm³/mol. The summed E-state index contributed by atoms with van der Waals surface area (Å²) in [6.07, 6.45) is 5.66. The molecule has 17 heavy (non-hydrogen) atoms. The minimum Gasteiger partial charge on any atom is -0.334 e. The van der Waals surface area contributed by atoms with Crippen LogP contribution in [0.25, 0.3) is 0 Å². The minimum absolute atomic E-state index is 0.505. The average Bonchev–Trinajstić information content (AvgIpc) is 2.87. The number of thioether (sulfide) groups is 1. The smallest absolute Gasteiger partial charge is 0.167 e. The summed E-state index contributed by atoms with van der Waals surface area (Å²) in [6.45, 7) is 2.95. The van der Waals surface area contributed by atoms with Gasteiger partial charge in [0.05, 0.1) is 17.8 Å². The Kier molecular flexibility index (Phi) is 4.12. The van der Waals surface area contributed by atoms with Crippen LogP contribution >= 0.6 is 23.4 Å². The Labute approximate surface area is 110 Å². The molecule has 6 heteroatoms. The van der Waals surface area contributed by atoms with Crippen molar-refractivity contribution in [2.75, 3.05) is 5.75 Å². The average molecular weight is 271 g/mol. The fourth-order valence-corrected chi connectivity index (χ4v) is 2.72. The lowest BCUT2D eigenvalue weighted by Gasteiger charge is -2.05. The Morgan fingerprint density at radius 2 is 2.24 bits per heavy atom. The van der Waals surface area contributed by atoms with E-state index in [1.54, 1.807) is 11.8 Å². The molecule has 0 radical (unpaired) electrons. The molecule has 92 valence electrons. The molecule has 2 aromatic heterocycles. The number of nitrogens with zero attached hydrogens (tertiary/aromatic N) is 4. The first-order valence-electron chi connectivity index (χ1n) is 5.39. The van der Waals surface area contributed by atoms with E-state index in [9.17, 15) is 0 Å². The topological polar surface area (TPSA) is 35.6 Å². The van der Waals surface area contributed by atoms with E-state index < -0.39 is 0 Å². The molecular weight excluding hydrogens is 256 g/mol. The van der Waals surface area contributed by atoms with E-state index in [4.69, 9.17) is 11.6 Å². The summed E-state index contributed by atoms with van der Waals surface area (Å²) in [5.74, 6) is 2.53. The summed E-state index contributed by atoms with van der Waals surface area (Å²) >= 11 is 7.53. The molecule has 0 aliphatic rings. The zero-order valence-corrected chi connectivity index (χ0v) is 11.5. The van der Waals surface area contributed by atoms with Crippen molar-refractivity contribution in [2.45, 2.75) is 24.5 Å². The molecule has 0 spiro atoms. The molecule has 0 bridgehead atoms. The van der Waals surface area contributed by atoms with Crippen molar-refractivity contribution in [3.8, 4) is 0 Å². The highest BCUT2D eigenvalue weighted by molar-refractivity contribution is 7.99. The molecule has 4 nitrogen and oxygen atoms in total. The number of alkyl halides is 1. The number of rotatable bonds is 5. The molecule has 0 aromatic carbocycles. The van der Waals surface area contributed by atoms with E-state index in [-0.39, 0.29) is 0 Å². The second-order valence-corrected chi connectivity index (χ2v) is 5.07. The van der Waals surface area contributed by atoms with Crippen molar-refractivity contribution in [1.29, 1.82) is 0 Å². The highest BCUT2D eigenvalue weighted by Gasteiger charge is 2.06. The van der Waals surface area contributed by atoms with Crippen LogP contribution in [-0.2, 0) is 19.5 Å². The molecule has 0 atom stereocenters. The van der Waals surface area contributed by atoms with Crippen molar-refractivity contribution in [3.63, 3.8) is 0 Å². The van der Waals surface area contributed by atoms with Gasteiger partial charge in [-0.15, -0.1) is 11.6 Å². The van der Waals surface area contributed by atoms with Crippen molar-refractivity contribution < 1.29 is 0 Å². The fraction of sp³-hybridized carbons (Fsp3) is 0.455. The lowest BCUT2D eigenvalue weighted by Crippen LogP contribution is -2.03. The van der Waals surface area contributed by atoms with Gasteiger partial charge in [0.15, 0.2) is 5.16 Å². The molecule has 0 aliphatic carbocycles. The van der Waals surface area contributed by atoms with E-state index in [1.165, 1.54) is 0 Å². The van der Waals surface area contributed by atoms with Crippen molar-refractivity contribution >= 4 is 23.4 Å². The van der Waals surface area contributed by atoms with Crippen LogP contribution in [0.15, 0.2) is 23.7 Å². The second-order valence-electron chi connectivity index (χ2n) is 3.74. The highest BCUT2D eigenvalue weighted by atomic mass is 35.5. The van der Waals surface area contributed by atoms with Gasteiger partial charge in [-0.3, -0.25) is 0 Å². The van der Waals surface area contributed by atoms with Gasteiger partial charge in [0, 0.05) is 31.7 Å². The molecule has 0 saturated carbocycles. The van der Waals surface area contributed by atoms with Crippen LogP contribution in [0.4, 0.5) is 0 Å². The minimum atomic E-state index is 0.505. The van der Waals surface area contributed by atoms with Gasteiger partial charge >= 0.3 is 0 Å². The predicted octanol–water partition coefficient (Wildman–Crippen LogP) is 2.46. The largest absolute Gasteiger partial charge is 0.334 e. The summed E-state index contributed by atoms with van der Waals surface area (Å²) in [5, 5.41) is 1.01. The van der Waals surface area contributed by atoms with Crippen LogP contribution in [-0.4, -0.2) is 24.9 Å². The maximum Gasteiger partial charge on any atom is 0.167 e. The molecule has 0 fully saturated rings. The van der Waals surface area contributed by atoms with Crippen molar-refractivity contribution in [1.82, 2.24) is 19.1 Å². The number of hydrogen-bond donors (Lipinski definition) is 0. The number of aryl methyl sites for hydroxylation is 2. The monoisotopic (exact) mass is 270 g/mol. The van der Waals surface area contributed by atoms with Crippen LogP contribution in [0, 0.1) is 6.92 Å².